The summed E-state index contributed by atoms with van der Waals surface area (Å²) in [5.41, 5.74) is 1.19. The van der Waals surface area contributed by atoms with Crippen LogP contribution in [0.2, 0.25) is 0 Å². The monoisotopic (exact) mass is 168 g/mol. The molecule has 1 aromatic heterocycles. The normalized spacial score (nSPS) is 10.8. The first kappa shape index (κ1) is 9.10. The minimum Gasteiger partial charge on any atom is -0.480 e. The van der Waals surface area contributed by atoms with Crippen LogP contribution in [0.5, 0.6) is 5.88 Å². The van der Waals surface area contributed by atoms with Gasteiger partial charge < -0.3 is 4.74 Å². The zero-order valence-electron chi connectivity index (χ0n) is 8.16. The van der Waals surface area contributed by atoms with Crippen LogP contribution >= 0.6 is 0 Å². The molecule has 0 saturated carbocycles. The summed E-state index contributed by atoms with van der Waals surface area (Å²) in [6.45, 7) is 4.37. The van der Waals surface area contributed by atoms with Gasteiger partial charge in [-0.3, -0.25) is 4.68 Å². The Morgan fingerprint density at radius 2 is 2.25 bits per heavy atom. The number of rotatable bonds is 3. The number of hydrogen-bond acceptors (Lipinski definition) is 2. The molecule has 0 bridgehead atoms. The lowest BCUT2D eigenvalue weighted by Gasteiger charge is -2.02. The number of hydrogen-bond donors (Lipinski definition) is 0. The molecule has 0 N–H and O–H groups in total. The maximum Gasteiger partial charge on any atom is 0.235 e. The Labute approximate surface area is 73.3 Å². The molecule has 1 aromatic rings. The van der Waals surface area contributed by atoms with E-state index in [1.807, 2.05) is 13.2 Å². The number of ether oxygens (including phenoxy) is 1. The molecule has 0 spiro atoms. The fourth-order valence-electron chi connectivity index (χ4n) is 1.27. The highest BCUT2D eigenvalue weighted by molar-refractivity contribution is 5.23. The lowest BCUT2D eigenvalue weighted by Crippen LogP contribution is -1.95. The molecule has 0 aliphatic rings. The van der Waals surface area contributed by atoms with E-state index in [2.05, 4.69) is 18.9 Å². The van der Waals surface area contributed by atoms with Crippen molar-refractivity contribution >= 4 is 0 Å². The Balaban J connectivity index is 2.81. The Bertz CT molecular complexity index is 253. The third-order valence-electron chi connectivity index (χ3n) is 1.69. The average Bonchev–Trinajstić information content (AvgIpc) is 2.29. The smallest absolute Gasteiger partial charge is 0.235 e. The minimum atomic E-state index is 0.642. The van der Waals surface area contributed by atoms with Gasteiger partial charge in [0.1, 0.15) is 0 Å². The fourth-order valence-corrected chi connectivity index (χ4v) is 1.27. The van der Waals surface area contributed by atoms with Gasteiger partial charge in [-0.2, -0.15) is 0 Å². The second-order valence-corrected chi connectivity index (χ2v) is 3.44. The van der Waals surface area contributed by atoms with Gasteiger partial charge in [-0.05, 0) is 12.3 Å². The number of methoxy groups -OCH3 is 1. The molecule has 0 unspecified atom stereocenters. The number of aryl methyl sites for hydroxylation is 1. The molecule has 3 heteroatoms. The van der Waals surface area contributed by atoms with E-state index in [-0.39, 0.29) is 0 Å². The van der Waals surface area contributed by atoms with Crippen LogP contribution in [0.25, 0.3) is 0 Å². The van der Waals surface area contributed by atoms with Crippen LogP contribution in [-0.4, -0.2) is 16.9 Å². The van der Waals surface area contributed by atoms with Gasteiger partial charge in [0.05, 0.1) is 7.11 Å². The lowest BCUT2D eigenvalue weighted by atomic mass is 10.1. The summed E-state index contributed by atoms with van der Waals surface area (Å²) in [6, 6.07) is 0. The zero-order chi connectivity index (χ0) is 9.14. The molecule has 0 atom stereocenters. The van der Waals surface area contributed by atoms with Crippen molar-refractivity contribution in [2.24, 2.45) is 13.0 Å². The summed E-state index contributed by atoms with van der Waals surface area (Å²) in [7, 11) is 3.57. The van der Waals surface area contributed by atoms with Gasteiger partial charge in [-0.25, -0.2) is 0 Å². The summed E-state index contributed by atoms with van der Waals surface area (Å²) in [4.78, 5) is 0. The van der Waals surface area contributed by atoms with Crippen molar-refractivity contribution in [1.82, 2.24) is 9.78 Å². The van der Waals surface area contributed by atoms with E-state index in [0.717, 1.165) is 12.3 Å². The van der Waals surface area contributed by atoms with Crippen LogP contribution in [0.1, 0.15) is 19.4 Å². The molecule has 0 aromatic carbocycles. The second-order valence-electron chi connectivity index (χ2n) is 3.44. The molecule has 1 rings (SSSR count). The fraction of sp³-hybridized carbons (Fsp3) is 0.667. The van der Waals surface area contributed by atoms with Crippen LogP contribution in [-0.2, 0) is 13.5 Å². The molecule has 12 heavy (non-hydrogen) atoms. The highest BCUT2D eigenvalue weighted by Crippen LogP contribution is 2.18. The van der Waals surface area contributed by atoms with Crippen molar-refractivity contribution in [3.63, 3.8) is 0 Å². The van der Waals surface area contributed by atoms with Gasteiger partial charge in [-0.1, -0.05) is 13.8 Å². The van der Waals surface area contributed by atoms with Crippen molar-refractivity contribution in [3.8, 4) is 5.88 Å². The highest BCUT2D eigenvalue weighted by Gasteiger charge is 2.08. The highest BCUT2D eigenvalue weighted by atomic mass is 16.5. The quantitative estimate of drug-likeness (QED) is 0.686. The van der Waals surface area contributed by atoms with E-state index in [1.165, 1.54) is 5.56 Å². The van der Waals surface area contributed by atoms with Crippen LogP contribution in [0.4, 0.5) is 0 Å². The molecule has 0 radical (unpaired) electrons. The summed E-state index contributed by atoms with van der Waals surface area (Å²) in [6.07, 6.45) is 3.04. The van der Waals surface area contributed by atoms with Crippen molar-refractivity contribution in [2.75, 3.05) is 7.11 Å². The minimum absolute atomic E-state index is 0.642. The maximum atomic E-state index is 5.14. The topological polar surface area (TPSA) is 27.1 Å². The Hall–Kier alpha value is -0.990. The maximum absolute atomic E-state index is 5.14. The first-order valence-corrected chi connectivity index (χ1v) is 4.20. The van der Waals surface area contributed by atoms with Crippen molar-refractivity contribution < 1.29 is 4.74 Å². The van der Waals surface area contributed by atoms with E-state index in [9.17, 15) is 0 Å². The predicted octanol–water partition coefficient (Wildman–Crippen LogP) is 1.63. The van der Waals surface area contributed by atoms with Gasteiger partial charge in [0.25, 0.3) is 0 Å². The first-order chi connectivity index (χ1) is 5.63. The van der Waals surface area contributed by atoms with Crippen LogP contribution in [0.3, 0.4) is 0 Å². The van der Waals surface area contributed by atoms with E-state index in [4.69, 9.17) is 4.74 Å². The number of nitrogens with zero attached hydrogens (tertiary/aromatic N) is 2. The third kappa shape index (κ3) is 2.00. The third-order valence-corrected chi connectivity index (χ3v) is 1.69. The van der Waals surface area contributed by atoms with Gasteiger partial charge in [0.2, 0.25) is 5.88 Å². The summed E-state index contributed by atoms with van der Waals surface area (Å²) in [5, 5.41) is 4.18. The van der Waals surface area contributed by atoms with Gasteiger partial charge in [0, 0.05) is 18.8 Å². The second kappa shape index (κ2) is 3.61. The van der Waals surface area contributed by atoms with E-state index >= 15 is 0 Å². The van der Waals surface area contributed by atoms with E-state index in [0.29, 0.717) is 5.92 Å². The van der Waals surface area contributed by atoms with Crippen LogP contribution < -0.4 is 4.74 Å². The molecule has 3 nitrogen and oxygen atoms in total. The zero-order valence-corrected chi connectivity index (χ0v) is 8.16. The van der Waals surface area contributed by atoms with Gasteiger partial charge in [-0.15, -0.1) is 5.10 Å². The summed E-state index contributed by atoms with van der Waals surface area (Å²) in [5.74, 6) is 1.40. The SMILES string of the molecule is COc1nn(C)cc1CC(C)C. The molecule has 1 heterocycles. The molecular formula is C9H16N2O. The average molecular weight is 168 g/mol. The Morgan fingerprint density at radius 3 is 2.75 bits per heavy atom. The molecule has 68 valence electrons. The van der Waals surface area contributed by atoms with Gasteiger partial charge >= 0.3 is 0 Å². The molecule has 0 aliphatic heterocycles. The molecular weight excluding hydrogens is 152 g/mol. The van der Waals surface area contributed by atoms with Crippen molar-refractivity contribution in [3.05, 3.63) is 11.8 Å². The summed E-state index contributed by atoms with van der Waals surface area (Å²) < 4.78 is 6.92. The Kier molecular flexibility index (Phi) is 2.74. The lowest BCUT2D eigenvalue weighted by molar-refractivity contribution is 0.386. The van der Waals surface area contributed by atoms with Gasteiger partial charge in [0.15, 0.2) is 0 Å². The summed E-state index contributed by atoms with van der Waals surface area (Å²) >= 11 is 0. The predicted molar refractivity (Wildman–Crippen MR) is 48.3 cm³/mol. The molecule has 0 fully saturated rings. The van der Waals surface area contributed by atoms with Crippen molar-refractivity contribution in [2.45, 2.75) is 20.3 Å². The molecule has 0 saturated heterocycles. The van der Waals surface area contributed by atoms with E-state index in [1.54, 1.807) is 11.8 Å². The Morgan fingerprint density at radius 1 is 1.58 bits per heavy atom. The van der Waals surface area contributed by atoms with Crippen LogP contribution in [0.15, 0.2) is 6.20 Å². The number of aromatic nitrogens is 2. The van der Waals surface area contributed by atoms with Crippen LogP contribution in [0, 0.1) is 5.92 Å². The van der Waals surface area contributed by atoms with Crippen molar-refractivity contribution in [1.29, 1.82) is 0 Å². The first-order valence-electron chi connectivity index (χ1n) is 4.20. The standard InChI is InChI=1S/C9H16N2O/c1-7(2)5-8-6-11(3)10-9(8)12-4/h6-7H,5H2,1-4H3. The molecule has 0 amide bonds. The largest absolute Gasteiger partial charge is 0.480 e. The molecule has 0 aliphatic carbocycles. The van der Waals surface area contributed by atoms with E-state index < -0.39 is 0 Å².